The second-order valence-electron chi connectivity index (χ2n) is 5.08. The molecule has 0 radical (unpaired) electrons. The normalized spacial score (nSPS) is 17.1. The van der Waals surface area contributed by atoms with E-state index in [0.717, 1.165) is 12.8 Å². The number of halogens is 1. The molecule has 1 aromatic carbocycles. The van der Waals surface area contributed by atoms with Crippen LogP contribution in [0.1, 0.15) is 30.1 Å². The van der Waals surface area contributed by atoms with Crippen molar-refractivity contribution in [3.63, 3.8) is 0 Å². The summed E-state index contributed by atoms with van der Waals surface area (Å²) in [5.74, 6) is -0.893. The fourth-order valence-electron chi connectivity index (χ4n) is 2.10. The summed E-state index contributed by atoms with van der Waals surface area (Å²) in [6.45, 7) is 1.55. The van der Waals surface area contributed by atoms with E-state index in [1.165, 1.54) is 7.11 Å². The Morgan fingerprint density at radius 2 is 2.10 bits per heavy atom. The first kappa shape index (κ1) is 14.8. The Labute approximate surface area is 125 Å². The first-order valence-electron chi connectivity index (χ1n) is 6.28. The number of carbonyl (C=O) groups is 2. The molecule has 1 aliphatic rings. The molecule has 0 aromatic heterocycles. The van der Waals surface area contributed by atoms with E-state index in [2.05, 4.69) is 21.2 Å². The predicted octanol–water partition coefficient (Wildman–Crippen LogP) is 2.44. The largest absolute Gasteiger partial charge is 0.497 e. The molecule has 1 fully saturated rings. The SMILES string of the molecule is COc1ccc(Br)c(C(=O)N[C@](C)(C(=O)O)C2CC2)c1. The van der Waals surface area contributed by atoms with Gasteiger partial charge in [0.05, 0.1) is 12.7 Å². The van der Waals surface area contributed by atoms with Gasteiger partial charge in [-0.15, -0.1) is 0 Å². The number of nitrogens with one attached hydrogen (secondary N) is 1. The predicted molar refractivity (Wildman–Crippen MR) is 76.9 cm³/mol. The monoisotopic (exact) mass is 341 g/mol. The molecule has 0 bridgehead atoms. The van der Waals surface area contributed by atoms with Crippen LogP contribution in [-0.4, -0.2) is 29.6 Å². The highest BCUT2D eigenvalue weighted by molar-refractivity contribution is 9.10. The average Bonchev–Trinajstić information content (AvgIpc) is 3.23. The van der Waals surface area contributed by atoms with E-state index in [4.69, 9.17) is 4.74 Å². The van der Waals surface area contributed by atoms with E-state index in [1.54, 1.807) is 25.1 Å². The van der Waals surface area contributed by atoms with Gasteiger partial charge < -0.3 is 15.2 Å². The van der Waals surface area contributed by atoms with E-state index in [9.17, 15) is 14.7 Å². The highest BCUT2D eigenvalue weighted by atomic mass is 79.9. The van der Waals surface area contributed by atoms with E-state index >= 15 is 0 Å². The van der Waals surface area contributed by atoms with Crippen molar-refractivity contribution in [3.05, 3.63) is 28.2 Å². The van der Waals surface area contributed by atoms with Gasteiger partial charge in [-0.3, -0.25) is 4.79 Å². The van der Waals surface area contributed by atoms with Gasteiger partial charge in [-0.05, 0) is 59.8 Å². The van der Waals surface area contributed by atoms with Crippen LogP contribution in [0.15, 0.2) is 22.7 Å². The minimum Gasteiger partial charge on any atom is -0.497 e. The van der Waals surface area contributed by atoms with Crippen molar-refractivity contribution in [2.75, 3.05) is 7.11 Å². The maximum Gasteiger partial charge on any atom is 0.329 e. The van der Waals surface area contributed by atoms with Crippen LogP contribution in [0.4, 0.5) is 0 Å². The number of methoxy groups -OCH3 is 1. The van der Waals surface area contributed by atoms with Crippen molar-refractivity contribution in [1.29, 1.82) is 0 Å². The van der Waals surface area contributed by atoms with Crippen LogP contribution >= 0.6 is 15.9 Å². The number of carbonyl (C=O) groups excluding carboxylic acids is 1. The summed E-state index contributed by atoms with van der Waals surface area (Å²) >= 11 is 3.29. The lowest BCUT2D eigenvalue weighted by Gasteiger charge is -2.26. The lowest BCUT2D eigenvalue weighted by Crippen LogP contribution is -2.54. The zero-order chi connectivity index (χ0) is 14.9. The van der Waals surface area contributed by atoms with Gasteiger partial charge in [-0.25, -0.2) is 4.79 Å². The Hall–Kier alpha value is -1.56. The fourth-order valence-corrected chi connectivity index (χ4v) is 2.53. The average molecular weight is 342 g/mol. The molecule has 0 aliphatic heterocycles. The molecule has 0 spiro atoms. The molecule has 1 aliphatic carbocycles. The number of rotatable bonds is 5. The Balaban J connectivity index is 2.25. The fraction of sp³-hybridized carbons (Fsp3) is 0.429. The third kappa shape index (κ3) is 2.80. The molecule has 5 nitrogen and oxygen atoms in total. The summed E-state index contributed by atoms with van der Waals surface area (Å²) < 4.78 is 5.68. The molecule has 0 saturated heterocycles. The van der Waals surface area contributed by atoms with Gasteiger partial charge in [-0.2, -0.15) is 0 Å². The van der Waals surface area contributed by atoms with Gasteiger partial charge in [0, 0.05) is 4.47 Å². The summed E-state index contributed by atoms with van der Waals surface area (Å²) in [6.07, 6.45) is 1.64. The van der Waals surface area contributed by atoms with Gasteiger partial charge in [0.2, 0.25) is 0 Å². The summed E-state index contributed by atoms with van der Waals surface area (Å²) in [4.78, 5) is 23.8. The zero-order valence-corrected chi connectivity index (χ0v) is 12.9. The number of aliphatic carboxylic acids is 1. The Morgan fingerprint density at radius 1 is 1.45 bits per heavy atom. The number of hydrogen-bond donors (Lipinski definition) is 2. The second-order valence-corrected chi connectivity index (χ2v) is 5.94. The minimum absolute atomic E-state index is 0.00617. The minimum atomic E-state index is -1.22. The van der Waals surface area contributed by atoms with Crippen LogP contribution < -0.4 is 10.1 Å². The highest BCUT2D eigenvalue weighted by Crippen LogP contribution is 2.40. The van der Waals surface area contributed by atoms with Crippen LogP contribution in [0.2, 0.25) is 0 Å². The second kappa shape index (κ2) is 5.44. The highest BCUT2D eigenvalue weighted by Gasteiger charge is 2.48. The van der Waals surface area contributed by atoms with Crippen molar-refractivity contribution >= 4 is 27.8 Å². The maximum atomic E-state index is 12.3. The molecule has 1 aromatic rings. The first-order chi connectivity index (χ1) is 9.38. The van der Waals surface area contributed by atoms with E-state index in [1.807, 2.05) is 0 Å². The van der Waals surface area contributed by atoms with Crippen molar-refractivity contribution in [2.24, 2.45) is 5.92 Å². The third-order valence-electron chi connectivity index (χ3n) is 3.63. The Bertz CT molecular complexity index is 556. The molecular formula is C14H16BrNO4. The lowest BCUT2D eigenvalue weighted by molar-refractivity contribution is -0.144. The Kier molecular flexibility index (Phi) is 4.04. The van der Waals surface area contributed by atoms with Gasteiger partial charge in [0.15, 0.2) is 0 Å². The van der Waals surface area contributed by atoms with Crippen LogP contribution in [0, 0.1) is 5.92 Å². The van der Waals surface area contributed by atoms with Crippen molar-refractivity contribution < 1.29 is 19.4 Å². The van der Waals surface area contributed by atoms with Crippen molar-refractivity contribution in [3.8, 4) is 5.75 Å². The van der Waals surface area contributed by atoms with Crippen molar-refractivity contribution in [2.45, 2.75) is 25.3 Å². The molecule has 108 valence electrons. The standard InChI is InChI=1S/C14H16BrNO4/c1-14(13(18)19,8-3-4-8)16-12(17)10-7-9(20-2)5-6-11(10)15/h5-8H,3-4H2,1-2H3,(H,16,17)(H,18,19)/t14-/m0/s1. The summed E-state index contributed by atoms with van der Waals surface area (Å²) in [6, 6.07) is 5.00. The summed E-state index contributed by atoms with van der Waals surface area (Å²) in [5, 5.41) is 12.0. The van der Waals surface area contributed by atoms with Gasteiger partial charge in [0.25, 0.3) is 5.91 Å². The van der Waals surface area contributed by atoms with E-state index in [-0.39, 0.29) is 5.92 Å². The first-order valence-corrected chi connectivity index (χ1v) is 7.07. The summed E-state index contributed by atoms with van der Waals surface area (Å²) in [7, 11) is 1.51. The molecule has 0 heterocycles. The molecule has 1 atom stereocenters. The molecule has 0 unspecified atom stereocenters. The van der Waals surface area contributed by atoms with Crippen LogP contribution in [0.25, 0.3) is 0 Å². The van der Waals surface area contributed by atoms with E-state index in [0.29, 0.717) is 15.8 Å². The maximum absolute atomic E-state index is 12.3. The van der Waals surface area contributed by atoms with Crippen LogP contribution in [0.5, 0.6) is 5.75 Å². The number of benzene rings is 1. The van der Waals surface area contributed by atoms with Gasteiger partial charge in [0.1, 0.15) is 11.3 Å². The Morgan fingerprint density at radius 3 is 2.60 bits per heavy atom. The number of carboxylic acids is 1. The molecule has 2 rings (SSSR count). The smallest absolute Gasteiger partial charge is 0.329 e. The van der Waals surface area contributed by atoms with Crippen molar-refractivity contribution in [1.82, 2.24) is 5.32 Å². The quantitative estimate of drug-likeness (QED) is 0.862. The number of carboxylic acid groups (broad SMARTS) is 1. The molecule has 1 amide bonds. The topological polar surface area (TPSA) is 75.6 Å². The number of ether oxygens (including phenoxy) is 1. The number of hydrogen-bond acceptors (Lipinski definition) is 3. The lowest BCUT2D eigenvalue weighted by atomic mass is 9.95. The molecular weight excluding hydrogens is 326 g/mol. The van der Waals surface area contributed by atoms with Gasteiger partial charge in [-0.1, -0.05) is 0 Å². The molecule has 1 saturated carbocycles. The third-order valence-corrected chi connectivity index (χ3v) is 4.32. The van der Waals surface area contributed by atoms with Crippen LogP contribution in [-0.2, 0) is 4.79 Å². The zero-order valence-electron chi connectivity index (χ0n) is 11.3. The molecule has 20 heavy (non-hydrogen) atoms. The molecule has 6 heteroatoms. The van der Waals surface area contributed by atoms with Crippen LogP contribution in [0.3, 0.4) is 0 Å². The summed E-state index contributed by atoms with van der Waals surface area (Å²) in [5.41, 5.74) is -0.864. The number of amides is 1. The van der Waals surface area contributed by atoms with Gasteiger partial charge >= 0.3 is 5.97 Å². The van der Waals surface area contributed by atoms with E-state index < -0.39 is 17.4 Å². The molecule has 2 N–H and O–H groups in total.